The fourth-order valence-electron chi connectivity index (χ4n) is 0.577. The summed E-state index contributed by atoms with van der Waals surface area (Å²) in [4.78, 5) is 0. The third-order valence-electron chi connectivity index (χ3n) is 1.99. The average molecular weight is 347 g/mol. The summed E-state index contributed by atoms with van der Waals surface area (Å²) in [5.41, 5.74) is 0. The van der Waals surface area contributed by atoms with Gasteiger partial charge in [0.25, 0.3) is 0 Å². The Kier molecular flexibility index (Phi) is 78.7. The molecule has 0 aromatic rings. The number of hydrogen-bond donors (Lipinski definition) is 0. The van der Waals surface area contributed by atoms with Gasteiger partial charge in [-0.1, -0.05) is 79.1 Å². The summed E-state index contributed by atoms with van der Waals surface area (Å²) in [6, 6.07) is 0. The first-order valence-corrected chi connectivity index (χ1v) is 7.98. The first-order chi connectivity index (χ1) is 9.66. The number of hydrogen-bond acceptors (Lipinski definition) is 4. The van der Waals surface area contributed by atoms with Gasteiger partial charge in [0.2, 0.25) is 0 Å². The van der Waals surface area contributed by atoms with Crippen LogP contribution in [0.25, 0.3) is 0 Å². The van der Waals surface area contributed by atoms with Gasteiger partial charge in [-0.05, 0) is 0 Å². The number of rotatable bonds is 8. The van der Waals surface area contributed by atoms with E-state index in [-0.39, 0.29) is 43.5 Å². The molecule has 0 aliphatic carbocycles. The van der Waals surface area contributed by atoms with Gasteiger partial charge in [0, 0.05) is 17.1 Å². The maximum Gasteiger partial charge on any atom is 0 e. The molecule has 0 saturated carbocycles. The topological polar surface area (TPSA) is 92.2 Å². The fourth-order valence-corrected chi connectivity index (χ4v) is 0.577. The molecule has 0 fully saturated rings. The summed E-state index contributed by atoms with van der Waals surface area (Å²) in [5, 5.41) is 38.1. The van der Waals surface area contributed by atoms with Crippen LogP contribution in [0.5, 0.6) is 0 Å². The second-order valence-corrected chi connectivity index (χ2v) is 4.23. The van der Waals surface area contributed by atoms with Gasteiger partial charge in [-0.15, -0.1) is 26.4 Å². The van der Waals surface area contributed by atoms with E-state index >= 15 is 0 Å². The molecule has 4 nitrogen and oxygen atoms in total. The van der Waals surface area contributed by atoms with Crippen LogP contribution in [0.4, 0.5) is 0 Å². The molecule has 0 atom stereocenters. The van der Waals surface area contributed by atoms with Gasteiger partial charge in [0.05, 0.1) is 0 Å². The molecule has 0 bridgehead atoms. The Morgan fingerprint density at radius 1 is 0.429 bits per heavy atom. The predicted molar refractivity (Wildman–Crippen MR) is 79.1 cm³/mol. The summed E-state index contributed by atoms with van der Waals surface area (Å²) >= 11 is 0. The van der Waals surface area contributed by atoms with Crippen LogP contribution < -0.4 is 20.4 Å². The van der Waals surface area contributed by atoms with Crippen molar-refractivity contribution in [3.8, 4) is 0 Å². The van der Waals surface area contributed by atoms with Crippen molar-refractivity contribution in [3.63, 3.8) is 0 Å². The second kappa shape index (κ2) is 50.0. The van der Waals surface area contributed by atoms with Crippen LogP contribution in [-0.2, 0) is 17.1 Å². The van der Waals surface area contributed by atoms with Crippen molar-refractivity contribution < 1.29 is 37.5 Å². The van der Waals surface area contributed by atoms with Crippen LogP contribution in [0.15, 0.2) is 0 Å². The zero-order valence-corrected chi connectivity index (χ0v) is 15.7. The zero-order chi connectivity index (χ0) is 16.5. The van der Waals surface area contributed by atoms with E-state index in [1.54, 1.807) is 0 Å². The van der Waals surface area contributed by atoms with E-state index in [4.69, 9.17) is 0 Å². The van der Waals surface area contributed by atoms with Crippen molar-refractivity contribution in [2.75, 3.05) is 26.4 Å². The summed E-state index contributed by atoms with van der Waals surface area (Å²) in [6.07, 6.45) is 7.46. The standard InChI is InChI=1S/4C4H9O.Mn/c4*1-2-3-4-5;/h4*2-4H2,1H3;/q4*-1;. The smallest absolute Gasteiger partial charge is 0 e. The third kappa shape index (κ3) is 98.2. The van der Waals surface area contributed by atoms with Gasteiger partial charge in [-0.2, -0.15) is 0 Å². The van der Waals surface area contributed by atoms with E-state index in [1.165, 1.54) is 0 Å². The van der Waals surface area contributed by atoms with E-state index in [1.807, 2.05) is 27.7 Å². The summed E-state index contributed by atoms with van der Waals surface area (Å²) in [5.74, 6) is 0. The molecule has 21 heavy (non-hydrogen) atoms. The Hall–Kier alpha value is 0.359. The molecule has 0 aliphatic rings. The SMILES string of the molecule is CCCC[O-].CCCC[O-].CCCC[O-].CCCC[O-].[Mn]. The Bertz CT molecular complexity index is 74.3. The van der Waals surface area contributed by atoms with Gasteiger partial charge in [-0.25, -0.2) is 0 Å². The van der Waals surface area contributed by atoms with Crippen molar-refractivity contribution >= 4 is 0 Å². The van der Waals surface area contributed by atoms with Crippen molar-refractivity contribution in [3.05, 3.63) is 0 Å². The fraction of sp³-hybridized carbons (Fsp3) is 1.00. The molecule has 135 valence electrons. The molecule has 0 aromatic heterocycles. The number of unbranched alkanes of at least 4 members (excludes halogenated alkanes) is 4. The normalized spacial score (nSPS) is 8.00. The van der Waals surface area contributed by atoms with E-state index in [9.17, 15) is 20.4 Å². The molecule has 0 N–H and O–H groups in total. The first-order valence-electron chi connectivity index (χ1n) is 7.98. The van der Waals surface area contributed by atoms with Crippen molar-refractivity contribution in [1.29, 1.82) is 0 Å². The maximum atomic E-state index is 9.53. The quantitative estimate of drug-likeness (QED) is 0.601. The van der Waals surface area contributed by atoms with Crippen LogP contribution >= 0.6 is 0 Å². The molecule has 0 heterocycles. The van der Waals surface area contributed by atoms with Gasteiger partial charge in [-0.3, -0.25) is 0 Å². The van der Waals surface area contributed by atoms with E-state index in [0.29, 0.717) is 0 Å². The Labute approximate surface area is 143 Å². The Morgan fingerprint density at radius 2 is 0.571 bits per heavy atom. The van der Waals surface area contributed by atoms with Crippen molar-refractivity contribution in [2.45, 2.75) is 79.1 Å². The minimum absolute atomic E-state index is 0. The minimum atomic E-state index is 0. The molecule has 0 aromatic carbocycles. The molecule has 0 amide bonds. The molecular weight excluding hydrogens is 311 g/mol. The van der Waals surface area contributed by atoms with Crippen molar-refractivity contribution in [1.82, 2.24) is 0 Å². The van der Waals surface area contributed by atoms with Gasteiger partial charge < -0.3 is 20.4 Å². The molecule has 1 radical (unpaired) electrons. The van der Waals surface area contributed by atoms with Gasteiger partial charge >= 0.3 is 0 Å². The molecule has 0 rings (SSSR count). The second-order valence-electron chi connectivity index (χ2n) is 4.23. The van der Waals surface area contributed by atoms with E-state index in [2.05, 4.69) is 0 Å². The van der Waals surface area contributed by atoms with Crippen LogP contribution in [0.2, 0.25) is 0 Å². The van der Waals surface area contributed by atoms with Crippen LogP contribution in [0.3, 0.4) is 0 Å². The summed E-state index contributed by atoms with van der Waals surface area (Å²) in [7, 11) is 0. The summed E-state index contributed by atoms with van der Waals surface area (Å²) < 4.78 is 0. The molecule has 0 spiro atoms. The van der Waals surface area contributed by atoms with Crippen molar-refractivity contribution in [2.24, 2.45) is 0 Å². The molecule has 0 saturated heterocycles. The summed E-state index contributed by atoms with van der Waals surface area (Å²) in [6.45, 7) is 8.42. The monoisotopic (exact) mass is 347 g/mol. The molecule has 0 aliphatic heterocycles. The Morgan fingerprint density at radius 3 is 0.571 bits per heavy atom. The van der Waals surface area contributed by atoms with Crippen LogP contribution in [-0.4, -0.2) is 26.4 Å². The predicted octanol–water partition coefficient (Wildman–Crippen LogP) is 0.585. The van der Waals surface area contributed by atoms with Crippen LogP contribution in [0, 0.1) is 0 Å². The van der Waals surface area contributed by atoms with Gasteiger partial charge in [0.15, 0.2) is 0 Å². The minimum Gasteiger partial charge on any atom is -0.854 e. The maximum absolute atomic E-state index is 9.53. The third-order valence-corrected chi connectivity index (χ3v) is 1.99. The Balaban J connectivity index is -0.0000000533. The molecule has 5 heteroatoms. The van der Waals surface area contributed by atoms with E-state index in [0.717, 1.165) is 51.4 Å². The first kappa shape index (κ1) is 33.1. The van der Waals surface area contributed by atoms with E-state index < -0.39 is 0 Å². The van der Waals surface area contributed by atoms with Crippen LogP contribution in [0.1, 0.15) is 79.1 Å². The van der Waals surface area contributed by atoms with Gasteiger partial charge in [0.1, 0.15) is 0 Å². The zero-order valence-electron chi connectivity index (χ0n) is 14.5. The largest absolute Gasteiger partial charge is 0.854 e. The molecular formula is C16H36MnO4-4. The molecule has 0 unspecified atom stereocenters. The average Bonchev–Trinajstić information content (AvgIpc) is 2.44.